The largest absolute Gasteiger partial charge is 0.493 e. The molecule has 1 fully saturated rings. The summed E-state index contributed by atoms with van der Waals surface area (Å²) in [6.07, 6.45) is 5.59. The molecule has 1 aromatic heterocycles. The van der Waals surface area contributed by atoms with Crippen LogP contribution in [-0.2, 0) is 4.79 Å². The van der Waals surface area contributed by atoms with Gasteiger partial charge in [-0.2, -0.15) is 4.99 Å². The molecular formula is C22H25N3O3S2. The quantitative estimate of drug-likeness (QED) is 0.294. The molecular weight excluding hydrogens is 418 g/mol. The second kappa shape index (κ2) is 10.4. The Kier molecular flexibility index (Phi) is 7.70. The molecule has 3 rings (SSSR count). The monoisotopic (exact) mass is 443 g/mol. The molecule has 1 amide bonds. The first-order valence-electron chi connectivity index (χ1n) is 9.69. The number of aliphatic imine (C=N–C) groups is 1. The predicted octanol–water partition coefficient (Wildman–Crippen LogP) is 5.43. The molecule has 6 nitrogen and oxygen atoms in total. The molecule has 0 atom stereocenters. The number of thiazole rings is 1. The average molecular weight is 444 g/mol. The van der Waals surface area contributed by atoms with Crippen molar-refractivity contribution < 1.29 is 14.3 Å². The highest BCUT2D eigenvalue weighted by atomic mass is 32.2. The maximum Gasteiger partial charge on any atom is 0.267 e. The molecule has 8 heteroatoms. The summed E-state index contributed by atoms with van der Waals surface area (Å²) in [5.74, 6) is 1.24. The highest BCUT2D eigenvalue weighted by Crippen LogP contribution is 2.36. The van der Waals surface area contributed by atoms with Crippen molar-refractivity contribution >= 4 is 45.4 Å². The zero-order chi connectivity index (χ0) is 21.5. The lowest BCUT2D eigenvalue weighted by atomic mass is 10.2. The second-order valence-electron chi connectivity index (χ2n) is 6.59. The lowest BCUT2D eigenvalue weighted by Gasteiger charge is -2.12. The summed E-state index contributed by atoms with van der Waals surface area (Å²) >= 11 is 2.79. The van der Waals surface area contributed by atoms with E-state index >= 15 is 0 Å². The van der Waals surface area contributed by atoms with E-state index in [2.05, 4.69) is 23.5 Å². The van der Waals surface area contributed by atoms with Crippen molar-refractivity contribution in [2.45, 2.75) is 26.7 Å². The van der Waals surface area contributed by atoms with Crippen LogP contribution in [0.4, 0.5) is 5.13 Å². The molecule has 158 valence electrons. The fourth-order valence-electron chi connectivity index (χ4n) is 2.73. The predicted molar refractivity (Wildman–Crippen MR) is 125 cm³/mol. The van der Waals surface area contributed by atoms with Crippen LogP contribution in [0.3, 0.4) is 0 Å². The zero-order valence-electron chi connectivity index (χ0n) is 17.4. The van der Waals surface area contributed by atoms with E-state index < -0.39 is 0 Å². The molecule has 0 aliphatic carbocycles. The maximum absolute atomic E-state index is 12.9. The molecule has 30 heavy (non-hydrogen) atoms. The smallest absolute Gasteiger partial charge is 0.267 e. The van der Waals surface area contributed by atoms with E-state index in [4.69, 9.17) is 9.47 Å². The van der Waals surface area contributed by atoms with E-state index in [1.165, 1.54) is 23.1 Å². The van der Waals surface area contributed by atoms with Crippen LogP contribution < -0.4 is 9.47 Å². The van der Waals surface area contributed by atoms with Crippen molar-refractivity contribution in [3.05, 3.63) is 52.4 Å². The third kappa shape index (κ3) is 5.31. The number of rotatable bonds is 9. The Morgan fingerprint density at radius 2 is 2.17 bits per heavy atom. The molecule has 2 aromatic rings. The van der Waals surface area contributed by atoms with E-state index in [0.29, 0.717) is 39.9 Å². The van der Waals surface area contributed by atoms with Gasteiger partial charge in [0.1, 0.15) is 0 Å². The first-order chi connectivity index (χ1) is 14.5. The van der Waals surface area contributed by atoms with Gasteiger partial charge >= 0.3 is 0 Å². The molecule has 0 bridgehead atoms. The number of nitrogens with zero attached hydrogens (tertiary/aromatic N) is 3. The van der Waals surface area contributed by atoms with Crippen LogP contribution in [0.25, 0.3) is 6.08 Å². The van der Waals surface area contributed by atoms with Crippen LogP contribution in [0.2, 0.25) is 0 Å². The Balaban J connectivity index is 1.86. The van der Waals surface area contributed by atoms with Crippen molar-refractivity contribution in [1.29, 1.82) is 0 Å². The van der Waals surface area contributed by atoms with Gasteiger partial charge in [-0.1, -0.05) is 25.5 Å². The van der Waals surface area contributed by atoms with Crippen molar-refractivity contribution in [2.75, 3.05) is 20.3 Å². The van der Waals surface area contributed by atoms with Crippen molar-refractivity contribution in [3.63, 3.8) is 0 Å². The zero-order valence-corrected chi connectivity index (χ0v) is 19.0. The van der Waals surface area contributed by atoms with Crippen LogP contribution in [0.15, 0.2) is 46.1 Å². The fraction of sp³-hybridized carbons (Fsp3) is 0.318. The van der Waals surface area contributed by atoms with Crippen molar-refractivity contribution in [3.8, 4) is 11.5 Å². The lowest BCUT2D eigenvalue weighted by Crippen LogP contribution is -2.29. The van der Waals surface area contributed by atoms with Gasteiger partial charge in [0.25, 0.3) is 5.91 Å². The molecule has 1 aromatic carbocycles. The Labute approximate surface area is 185 Å². The van der Waals surface area contributed by atoms with E-state index in [1.54, 1.807) is 18.1 Å². The van der Waals surface area contributed by atoms with Gasteiger partial charge in [0, 0.05) is 11.9 Å². The highest BCUT2D eigenvalue weighted by molar-refractivity contribution is 8.18. The number of carbonyl (C=O) groups excluding carboxylic acids is 1. The maximum atomic E-state index is 12.9. The normalized spacial score (nSPS) is 16.5. The van der Waals surface area contributed by atoms with Gasteiger partial charge in [-0.25, -0.2) is 4.98 Å². The number of methoxy groups -OCH3 is 1. The summed E-state index contributed by atoms with van der Waals surface area (Å²) in [6, 6.07) is 5.67. The molecule has 0 N–H and O–H groups in total. The SMILES string of the molecule is C=CCN1C(=O)/C(=C/c2ccc(OCCCC)c(OC)c2)S/C1=N/c1nc(C)cs1. The Bertz CT molecular complexity index is 982. The first kappa shape index (κ1) is 22.1. The second-order valence-corrected chi connectivity index (χ2v) is 8.44. The number of ether oxygens (including phenoxy) is 2. The molecule has 2 heterocycles. The number of carbonyl (C=O) groups is 1. The summed E-state index contributed by atoms with van der Waals surface area (Å²) < 4.78 is 11.3. The van der Waals surface area contributed by atoms with Crippen LogP contribution in [0.1, 0.15) is 31.0 Å². The van der Waals surface area contributed by atoms with Crippen LogP contribution >= 0.6 is 23.1 Å². The third-order valence-corrected chi connectivity index (χ3v) is 6.10. The summed E-state index contributed by atoms with van der Waals surface area (Å²) in [7, 11) is 1.61. The first-order valence-corrected chi connectivity index (χ1v) is 11.4. The van der Waals surface area contributed by atoms with E-state index in [0.717, 1.165) is 24.1 Å². The van der Waals surface area contributed by atoms with E-state index in [1.807, 2.05) is 36.6 Å². The van der Waals surface area contributed by atoms with Crippen LogP contribution in [0, 0.1) is 6.92 Å². The number of aryl methyl sites for hydroxylation is 1. The lowest BCUT2D eigenvalue weighted by molar-refractivity contribution is -0.121. The fourth-order valence-corrected chi connectivity index (χ4v) is 4.44. The molecule has 1 aliphatic heterocycles. The van der Waals surface area contributed by atoms with E-state index in [-0.39, 0.29) is 5.91 Å². The van der Waals surface area contributed by atoms with Gasteiger partial charge in [0.15, 0.2) is 16.7 Å². The number of hydrogen-bond donors (Lipinski definition) is 0. The minimum Gasteiger partial charge on any atom is -0.493 e. The van der Waals surface area contributed by atoms with Crippen LogP contribution in [-0.4, -0.2) is 41.2 Å². The van der Waals surface area contributed by atoms with Crippen molar-refractivity contribution in [1.82, 2.24) is 9.88 Å². The Hall–Kier alpha value is -2.58. The highest BCUT2D eigenvalue weighted by Gasteiger charge is 2.33. The van der Waals surface area contributed by atoms with Crippen molar-refractivity contribution in [2.24, 2.45) is 4.99 Å². The molecule has 0 unspecified atom stereocenters. The summed E-state index contributed by atoms with van der Waals surface area (Å²) in [5, 5.41) is 3.17. The minimum absolute atomic E-state index is 0.103. The molecule has 1 aliphatic rings. The minimum atomic E-state index is -0.103. The number of aromatic nitrogens is 1. The van der Waals surface area contributed by atoms with Gasteiger partial charge in [0.2, 0.25) is 5.13 Å². The standard InChI is InChI=1S/C22H25N3O3S2/c1-5-7-11-28-17-9-8-16(12-18(17)27-4)13-19-20(26)25(10-6-2)22(30-19)24-21-23-15(3)14-29-21/h6,8-9,12-14H,2,5,7,10-11H2,1,3-4H3/b19-13-,24-22+. The van der Waals surface area contributed by atoms with Gasteiger partial charge < -0.3 is 9.47 Å². The Morgan fingerprint density at radius 1 is 1.33 bits per heavy atom. The van der Waals surface area contributed by atoms with Gasteiger partial charge in [-0.15, -0.1) is 17.9 Å². The topological polar surface area (TPSA) is 64.0 Å². The number of unbranched alkanes of at least 4 members (excludes halogenated alkanes) is 1. The summed E-state index contributed by atoms with van der Waals surface area (Å²) in [4.78, 5) is 24.1. The number of hydrogen-bond acceptors (Lipinski definition) is 7. The number of amidine groups is 1. The molecule has 0 spiro atoms. The molecule has 0 radical (unpaired) electrons. The number of amides is 1. The van der Waals surface area contributed by atoms with Gasteiger partial charge in [-0.05, 0) is 48.9 Å². The summed E-state index contributed by atoms with van der Waals surface area (Å²) in [5.41, 5.74) is 1.77. The van der Waals surface area contributed by atoms with E-state index in [9.17, 15) is 4.79 Å². The third-order valence-electron chi connectivity index (χ3n) is 4.24. The molecule has 1 saturated heterocycles. The number of thioether (sulfide) groups is 1. The number of benzene rings is 1. The molecule has 0 saturated carbocycles. The Morgan fingerprint density at radius 3 is 2.83 bits per heavy atom. The van der Waals surface area contributed by atoms with Gasteiger partial charge in [0.05, 0.1) is 24.3 Å². The summed E-state index contributed by atoms with van der Waals surface area (Å²) in [6.45, 7) is 8.83. The average Bonchev–Trinajstić information content (AvgIpc) is 3.27. The van der Waals surface area contributed by atoms with Crippen LogP contribution in [0.5, 0.6) is 11.5 Å². The van der Waals surface area contributed by atoms with Gasteiger partial charge in [-0.3, -0.25) is 9.69 Å².